The highest BCUT2D eigenvalue weighted by molar-refractivity contribution is 5.89. The van der Waals surface area contributed by atoms with E-state index in [2.05, 4.69) is 23.1 Å². The lowest BCUT2D eigenvalue weighted by atomic mass is 10.0. The molecule has 1 heterocycles. The monoisotopic (exact) mass is 325 g/mol. The van der Waals surface area contributed by atoms with Gasteiger partial charge in [-0.05, 0) is 54.8 Å². The van der Waals surface area contributed by atoms with Gasteiger partial charge >= 0.3 is 5.97 Å². The van der Waals surface area contributed by atoms with Crippen molar-refractivity contribution >= 4 is 5.97 Å². The van der Waals surface area contributed by atoms with Gasteiger partial charge in [-0.2, -0.15) is 0 Å². The summed E-state index contributed by atoms with van der Waals surface area (Å²) in [4.78, 5) is 14.2. The Labute approximate surface area is 143 Å². The standard InChI is InChI=1S/C20H23NO3/c1-23-18-9-4-7-16(13-18)19-10-5-11-21(19)14-15-6-3-8-17(12-15)20(22)24-2/h3-4,6-9,12-13,19H,5,10-11,14H2,1-2H3/t19-/m0/s1. The first-order valence-corrected chi connectivity index (χ1v) is 8.26. The second-order valence-electron chi connectivity index (χ2n) is 6.10. The molecule has 0 amide bonds. The molecule has 0 bridgehead atoms. The Morgan fingerprint density at radius 2 is 2.00 bits per heavy atom. The molecule has 0 N–H and O–H groups in total. The topological polar surface area (TPSA) is 38.8 Å². The molecule has 2 aromatic rings. The third-order valence-corrected chi connectivity index (χ3v) is 4.58. The molecule has 3 rings (SSSR count). The highest BCUT2D eigenvalue weighted by atomic mass is 16.5. The van der Waals surface area contributed by atoms with E-state index in [-0.39, 0.29) is 5.97 Å². The molecule has 0 radical (unpaired) electrons. The molecule has 1 aliphatic rings. The molecule has 4 heteroatoms. The molecule has 126 valence electrons. The summed E-state index contributed by atoms with van der Waals surface area (Å²) < 4.78 is 10.2. The van der Waals surface area contributed by atoms with Crippen LogP contribution in [0.2, 0.25) is 0 Å². The van der Waals surface area contributed by atoms with E-state index in [0.717, 1.165) is 30.8 Å². The molecule has 0 spiro atoms. The van der Waals surface area contributed by atoms with E-state index in [9.17, 15) is 4.79 Å². The fourth-order valence-corrected chi connectivity index (χ4v) is 3.39. The lowest BCUT2D eigenvalue weighted by Gasteiger charge is -2.25. The number of methoxy groups -OCH3 is 2. The maximum Gasteiger partial charge on any atom is 0.337 e. The number of benzene rings is 2. The van der Waals surface area contributed by atoms with Crippen LogP contribution in [0.4, 0.5) is 0 Å². The molecule has 0 aliphatic carbocycles. The van der Waals surface area contributed by atoms with Crippen LogP contribution >= 0.6 is 0 Å². The van der Waals surface area contributed by atoms with Crippen LogP contribution in [0.3, 0.4) is 0 Å². The van der Waals surface area contributed by atoms with E-state index in [1.54, 1.807) is 13.2 Å². The van der Waals surface area contributed by atoms with Crippen LogP contribution in [-0.4, -0.2) is 31.6 Å². The van der Waals surface area contributed by atoms with Gasteiger partial charge in [0.2, 0.25) is 0 Å². The first-order chi connectivity index (χ1) is 11.7. The number of carbonyl (C=O) groups is 1. The Hall–Kier alpha value is -2.33. The van der Waals surface area contributed by atoms with E-state index in [0.29, 0.717) is 11.6 Å². The summed E-state index contributed by atoms with van der Waals surface area (Å²) in [6.45, 7) is 1.89. The second-order valence-corrected chi connectivity index (χ2v) is 6.10. The summed E-state index contributed by atoms with van der Waals surface area (Å²) >= 11 is 0. The SMILES string of the molecule is COC(=O)c1cccc(CN2CCC[C@H]2c2cccc(OC)c2)c1. The number of carbonyl (C=O) groups excluding carboxylic acids is 1. The quantitative estimate of drug-likeness (QED) is 0.784. The van der Waals surface area contributed by atoms with Crippen LogP contribution in [0, 0.1) is 0 Å². The number of likely N-dealkylation sites (tertiary alicyclic amines) is 1. The predicted octanol–water partition coefficient (Wildman–Crippen LogP) is 3.82. The van der Waals surface area contributed by atoms with E-state index in [1.165, 1.54) is 19.1 Å². The van der Waals surface area contributed by atoms with Gasteiger partial charge in [0, 0.05) is 12.6 Å². The van der Waals surface area contributed by atoms with Gasteiger partial charge in [-0.3, -0.25) is 4.90 Å². The predicted molar refractivity (Wildman–Crippen MR) is 93.2 cm³/mol. The van der Waals surface area contributed by atoms with Crippen molar-refractivity contribution in [1.29, 1.82) is 0 Å². The summed E-state index contributed by atoms with van der Waals surface area (Å²) in [5.41, 5.74) is 3.02. The fourth-order valence-electron chi connectivity index (χ4n) is 3.39. The molecule has 2 aromatic carbocycles. The highest BCUT2D eigenvalue weighted by Crippen LogP contribution is 2.34. The Morgan fingerprint density at radius 3 is 2.79 bits per heavy atom. The maximum atomic E-state index is 11.7. The van der Waals surface area contributed by atoms with Crippen molar-refractivity contribution in [2.75, 3.05) is 20.8 Å². The molecule has 1 saturated heterocycles. The first-order valence-electron chi connectivity index (χ1n) is 8.26. The Morgan fingerprint density at radius 1 is 1.17 bits per heavy atom. The van der Waals surface area contributed by atoms with Crippen molar-refractivity contribution in [1.82, 2.24) is 4.90 Å². The van der Waals surface area contributed by atoms with Crippen molar-refractivity contribution < 1.29 is 14.3 Å². The second kappa shape index (κ2) is 7.49. The van der Waals surface area contributed by atoms with Crippen LogP contribution in [0.15, 0.2) is 48.5 Å². The van der Waals surface area contributed by atoms with Gasteiger partial charge in [0.25, 0.3) is 0 Å². The maximum absolute atomic E-state index is 11.7. The van der Waals surface area contributed by atoms with Gasteiger partial charge in [0.05, 0.1) is 19.8 Å². The molecule has 0 saturated carbocycles. The number of esters is 1. The largest absolute Gasteiger partial charge is 0.497 e. The van der Waals surface area contributed by atoms with E-state index in [4.69, 9.17) is 9.47 Å². The van der Waals surface area contributed by atoms with Gasteiger partial charge in [-0.1, -0.05) is 24.3 Å². The van der Waals surface area contributed by atoms with Crippen molar-refractivity contribution in [3.63, 3.8) is 0 Å². The Bertz CT molecular complexity index is 714. The summed E-state index contributed by atoms with van der Waals surface area (Å²) in [6.07, 6.45) is 2.32. The molecule has 4 nitrogen and oxygen atoms in total. The minimum atomic E-state index is -0.289. The van der Waals surface area contributed by atoms with Crippen LogP contribution in [0.1, 0.15) is 40.4 Å². The average Bonchev–Trinajstić information content (AvgIpc) is 3.09. The van der Waals surface area contributed by atoms with Crippen LogP contribution in [-0.2, 0) is 11.3 Å². The average molecular weight is 325 g/mol. The highest BCUT2D eigenvalue weighted by Gasteiger charge is 2.26. The van der Waals surface area contributed by atoms with Crippen LogP contribution in [0.5, 0.6) is 5.75 Å². The Balaban J connectivity index is 1.77. The Kier molecular flexibility index (Phi) is 5.16. The third kappa shape index (κ3) is 3.60. The summed E-state index contributed by atoms with van der Waals surface area (Å²) in [6, 6.07) is 16.4. The minimum absolute atomic E-state index is 0.289. The van der Waals surface area contributed by atoms with Gasteiger partial charge in [0.15, 0.2) is 0 Å². The van der Waals surface area contributed by atoms with Crippen molar-refractivity contribution in [2.45, 2.75) is 25.4 Å². The van der Waals surface area contributed by atoms with Crippen molar-refractivity contribution in [3.8, 4) is 5.75 Å². The normalized spacial score (nSPS) is 17.7. The first kappa shape index (κ1) is 16.5. The van der Waals surface area contributed by atoms with E-state index < -0.39 is 0 Å². The van der Waals surface area contributed by atoms with Crippen molar-refractivity contribution in [2.24, 2.45) is 0 Å². The van der Waals surface area contributed by atoms with E-state index >= 15 is 0 Å². The number of ether oxygens (including phenoxy) is 2. The molecular formula is C20H23NO3. The van der Waals surface area contributed by atoms with E-state index in [1.807, 2.05) is 24.3 Å². The molecule has 1 fully saturated rings. The summed E-state index contributed by atoms with van der Waals surface area (Å²) in [5.74, 6) is 0.606. The lowest BCUT2D eigenvalue weighted by Crippen LogP contribution is -2.23. The minimum Gasteiger partial charge on any atom is -0.497 e. The zero-order valence-electron chi connectivity index (χ0n) is 14.2. The molecular weight excluding hydrogens is 302 g/mol. The van der Waals surface area contributed by atoms with Crippen LogP contribution in [0.25, 0.3) is 0 Å². The zero-order chi connectivity index (χ0) is 16.9. The molecule has 0 unspecified atom stereocenters. The van der Waals surface area contributed by atoms with Crippen molar-refractivity contribution in [3.05, 3.63) is 65.2 Å². The molecule has 1 atom stereocenters. The molecule has 24 heavy (non-hydrogen) atoms. The van der Waals surface area contributed by atoms with Crippen LogP contribution < -0.4 is 4.74 Å². The number of hydrogen-bond donors (Lipinski definition) is 0. The number of nitrogens with zero attached hydrogens (tertiary/aromatic N) is 1. The summed E-state index contributed by atoms with van der Waals surface area (Å²) in [7, 11) is 3.11. The third-order valence-electron chi connectivity index (χ3n) is 4.58. The number of hydrogen-bond acceptors (Lipinski definition) is 4. The molecule has 1 aliphatic heterocycles. The van der Waals surface area contributed by atoms with Gasteiger partial charge in [0.1, 0.15) is 5.75 Å². The van der Waals surface area contributed by atoms with Gasteiger partial charge < -0.3 is 9.47 Å². The molecule has 0 aromatic heterocycles. The zero-order valence-corrected chi connectivity index (χ0v) is 14.2. The summed E-state index contributed by atoms with van der Waals surface area (Å²) in [5, 5.41) is 0. The van der Waals surface area contributed by atoms with Gasteiger partial charge in [-0.15, -0.1) is 0 Å². The lowest BCUT2D eigenvalue weighted by molar-refractivity contribution is 0.0600. The fraction of sp³-hybridized carbons (Fsp3) is 0.350. The van der Waals surface area contributed by atoms with Gasteiger partial charge in [-0.25, -0.2) is 4.79 Å². The number of rotatable bonds is 5. The smallest absolute Gasteiger partial charge is 0.337 e.